The Bertz CT molecular complexity index is 364. The maximum atomic E-state index is 11.9. The van der Waals surface area contributed by atoms with Gasteiger partial charge in [-0.25, -0.2) is 0 Å². The number of amides is 1. The third kappa shape index (κ3) is 4.49. The summed E-state index contributed by atoms with van der Waals surface area (Å²) in [5, 5.41) is 2.99. The number of nitrogens with two attached hydrogens (primary N) is 1. The van der Waals surface area contributed by atoms with Gasteiger partial charge in [0.05, 0.1) is 6.04 Å². The number of benzene rings is 1. The summed E-state index contributed by atoms with van der Waals surface area (Å²) < 4.78 is 0. The second-order valence-electron chi connectivity index (χ2n) is 4.98. The number of nitrogens with one attached hydrogen (secondary N) is 1. The SMILES string of the molecule is CCC(C)C(C)NC(=O)[C@H](N)Cc1ccccc1. The van der Waals surface area contributed by atoms with E-state index >= 15 is 0 Å². The van der Waals surface area contributed by atoms with Crippen LogP contribution in [0.5, 0.6) is 0 Å². The Morgan fingerprint density at radius 3 is 2.44 bits per heavy atom. The van der Waals surface area contributed by atoms with Gasteiger partial charge in [-0.1, -0.05) is 50.6 Å². The molecule has 0 aliphatic carbocycles. The summed E-state index contributed by atoms with van der Waals surface area (Å²) in [6.45, 7) is 6.28. The highest BCUT2D eigenvalue weighted by Gasteiger charge is 2.18. The lowest BCUT2D eigenvalue weighted by Gasteiger charge is -2.22. The lowest BCUT2D eigenvalue weighted by molar-refractivity contribution is -0.123. The Balaban J connectivity index is 2.47. The molecule has 3 N–H and O–H groups in total. The van der Waals surface area contributed by atoms with Crippen molar-refractivity contribution in [3.63, 3.8) is 0 Å². The van der Waals surface area contributed by atoms with E-state index in [4.69, 9.17) is 5.73 Å². The van der Waals surface area contributed by atoms with Crippen molar-refractivity contribution in [2.45, 2.75) is 45.7 Å². The van der Waals surface area contributed by atoms with Gasteiger partial charge in [0.2, 0.25) is 5.91 Å². The van der Waals surface area contributed by atoms with Crippen molar-refractivity contribution in [3.05, 3.63) is 35.9 Å². The molecule has 1 aromatic carbocycles. The summed E-state index contributed by atoms with van der Waals surface area (Å²) in [4.78, 5) is 11.9. The molecule has 3 heteroatoms. The standard InChI is InChI=1S/C15H24N2O/c1-4-11(2)12(3)17-15(18)14(16)10-13-8-6-5-7-9-13/h5-9,11-12,14H,4,10,16H2,1-3H3,(H,17,18)/t11?,12?,14-/m1/s1. The minimum Gasteiger partial charge on any atom is -0.352 e. The third-order valence-corrected chi connectivity index (χ3v) is 3.50. The van der Waals surface area contributed by atoms with Crippen molar-refractivity contribution >= 4 is 5.91 Å². The molecule has 1 amide bonds. The number of hydrogen-bond donors (Lipinski definition) is 2. The maximum Gasteiger partial charge on any atom is 0.237 e. The van der Waals surface area contributed by atoms with Crippen LogP contribution in [0, 0.1) is 5.92 Å². The third-order valence-electron chi connectivity index (χ3n) is 3.50. The number of rotatable bonds is 6. The lowest BCUT2D eigenvalue weighted by atomic mass is 10.00. The highest BCUT2D eigenvalue weighted by molar-refractivity contribution is 5.82. The smallest absolute Gasteiger partial charge is 0.237 e. The van der Waals surface area contributed by atoms with Crippen LogP contribution in [-0.2, 0) is 11.2 Å². The molecular formula is C15H24N2O. The molecule has 0 saturated carbocycles. The fraction of sp³-hybridized carbons (Fsp3) is 0.533. The molecule has 1 rings (SSSR count). The number of carbonyl (C=O) groups is 1. The van der Waals surface area contributed by atoms with Gasteiger partial charge in [0.1, 0.15) is 0 Å². The summed E-state index contributed by atoms with van der Waals surface area (Å²) in [5.74, 6) is 0.407. The quantitative estimate of drug-likeness (QED) is 0.810. The van der Waals surface area contributed by atoms with Gasteiger partial charge in [-0.3, -0.25) is 4.79 Å². The summed E-state index contributed by atoms with van der Waals surface area (Å²) in [6, 6.07) is 9.56. The van der Waals surface area contributed by atoms with Gasteiger partial charge >= 0.3 is 0 Å². The van der Waals surface area contributed by atoms with Crippen molar-refractivity contribution in [2.24, 2.45) is 11.7 Å². The van der Waals surface area contributed by atoms with E-state index < -0.39 is 6.04 Å². The Labute approximate surface area is 110 Å². The zero-order valence-electron chi connectivity index (χ0n) is 11.5. The van der Waals surface area contributed by atoms with Crippen LogP contribution >= 0.6 is 0 Å². The van der Waals surface area contributed by atoms with Gasteiger partial charge in [0.15, 0.2) is 0 Å². The van der Waals surface area contributed by atoms with E-state index in [1.165, 1.54) is 0 Å². The van der Waals surface area contributed by atoms with E-state index in [1.807, 2.05) is 37.3 Å². The molecule has 0 heterocycles. The second-order valence-corrected chi connectivity index (χ2v) is 4.98. The molecule has 2 unspecified atom stereocenters. The van der Waals surface area contributed by atoms with Crippen LogP contribution in [0.3, 0.4) is 0 Å². The molecular weight excluding hydrogens is 224 g/mol. The molecule has 0 spiro atoms. The van der Waals surface area contributed by atoms with Crippen molar-refractivity contribution in [3.8, 4) is 0 Å². The van der Waals surface area contributed by atoms with E-state index in [9.17, 15) is 4.79 Å². The van der Waals surface area contributed by atoms with Crippen molar-refractivity contribution in [1.29, 1.82) is 0 Å². The van der Waals surface area contributed by atoms with Crippen LogP contribution in [0.4, 0.5) is 0 Å². The molecule has 0 aliphatic heterocycles. The van der Waals surface area contributed by atoms with Gasteiger partial charge < -0.3 is 11.1 Å². The maximum absolute atomic E-state index is 11.9. The van der Waals surface area contributed by atoms with E-state index in [0.29, 0.717) is 12.3 Å². The van der Waals surface area contributed by atoms with E-state index in [0.717, 1.165) is 12.0 Å². The van der Waals surface area contributed by atoms with Gasteiger partial charge in [0, 0.05) is 6.04 Å². The monoisotopic (exact) mass is 248 g/mol. The van der Waals surface area contributed by atoms with Crippen molar-refractivity contribution in [2.75, 3.05) is 0 Å². The topological polar surface area (TPSA) is 55.1 Å². The van der Waals surface area contributed by atoms with Crippen LogP contribution < -0.4 is 11.1 Å². The van der Waals surface area contributed by atoms with Gasteiger partial charge in [-0.05, 0) is 24.8 Å². The Morgan fingerprint density at radius 2 is 1.89 bits per heavy atom. The molecule has 3 atom stereocenters. The van der Waals surface area contributed by atoms with Crippen LogP contribution in [0.1, 0.15) is 32.8 Å². The summed E-state index contributed by atoms with van der Waals surface area (Å²) in [7, 11) is 0. The molecule has 1 aromatic rings. The minimum atomic E-state index is -0.473. The molecule has 18 heavy (non-hydrogen) atoms. The van der Waals surface area contributed by atoms with Gasteiger partial charge in [-0.2, -0.15) is 0 Å². The van der Waals surface area contributed by atoms with Gasteiger partial charge in [0.25, 0.3) is 0 Å². The van der Waals surface area contributed by atoms with Crippen LogP contribution in [0.2, 0.25) is 0 Å². The Kier molecular flexibility index (Phi) is 5.86. The predicted octanol–water partition coefficient (Wildman–Crippen LogP) is 2.11. The molecule has 0 aliphatic rings. The highest BCUT2D eigenvalue weighted by atomic mass is 16.2. The Morgan fingerprint density at radius 1 is 1.28 bits per heavy atom. The summed E-state index contributed by atoms with van der Waals surface area (Å²) in [6.07, 6.45) is 1.63. The number of hydrogen-bond acceptors (Lipinski definition) is 2. The van der Waals surface area contributed by atoms with Crippen LogP contribution in [0.15, 0.2) is 30.3 Å². The van der Waals surface area contributed by atoms with Crippen LogP contribution in [-0.4, -0.2) is 18.0 Å². The number of carbonyl (C=O) groups excluding carboxylic acids is 1. The Hall–Kier alpha value is -1.35. The fourth-order valence-electron chi connectivity index (χ4n) is 1.79. The molecule has 0 radical (unpaired) electrons. The minimum absolute atomic E-state index is 0.0633. The first-order valence-corrected chi connectivity index (χ1v) is 6.64. The van der Waals surface area contributed by atoms with Crippen molar-refractivity contribution in [1.82, 2.24) is 5.32 Å². The van der Waals surface area contributed by atoms with Crippen LogP contribution in [0.25, 0.3) is 0 Å². The largest absolute Gasteiger partial charge is 0.352 e. The average Bonchev–Trinajstić information content (AvgIpc) is 2.38. The lowest BCUT2D eigenvalue weighted by Crippen LogP contribution is -2.47. The molecule has 0 fully saturated rings. The fourth-order valence-corrected chi connectivity index (χ4v) is 1.79. The normalized spacial score (nSPS) is 15.8. The first-order valence-electron chi connectivity index (χ1n) is 6.64. The summed E-state index contributed by atoms with van der Waals surface area (Å²) in [5.41, 5.74) is 7.02. The first kappa shape index (κ1) is 14.7. The van der Waals surface area contributed by atoms with E-state index in [-0.39, 0.29) is 11.9 Å². The zero-order valence-corrected chi connectivity index (χ0v) is 11.5. The molecule has 100 valence electrons. The molecule has 3 nitrogen and oxygen atoms in total. The first-order chi connectivity index (χ1) is 8.54. The predicted molar refractivity (Wildman–Crippen MR) is 75.2 cm³/mol. The average molecular weight is 248 g/mol. The summed E-state index contributed by atoms with van der Waals surface area (Å²) >= 11 is 0. The zero-order chi connectivity index (χ0) is 13.5. The molecule has 0 bridgehead atoms. The molecule has 0 saturated heterocycles. The highest BCUT2D eigenvalue weighted by Crippen LogP contribution is 2.07. The second kappa shape index (κ2) is 7.17. The van der Waals surface area contributed by atoms with E-state index in [2.05, 4.69) is 19.2 Å². The van der Waals surface area contributed by atoms with Gasteiger partial charge in [-0.15, -0.1) is 0 Å². The van der Waals surface area contributed by atoms with E-state index in [1.54, 1.807) is 0 Å². The molecule has 0 aromatic heterocycles. The van der Waals surface area contributed by atoms with Crippen molar-refractivity contribution < 1.29 is 4.79 Å².